The summed E-state index contributed by atoms with van der Waals surface area (Å²) in [6.07, 6.45) is 2.70. The second kappa shape index (κ2) is 7.20. The number of hydrogen-bond acceptors (Lipinski definition) is 2. The van der Waals surface area contributed by atoms with Gasteiger partial charge in [0.15, 0.2) is 0 Å². The first-order chi connectivity index (χ1) is 10.2. The van der Waals surface area contributed by atoms with Gasteiger partial charge in [-0.05, 0) is 31.9 Å². The third kappa shape index (κ3) is 4.95. The highest BCUT2D eigenvalue weighted by molar-refractivity contribution is 8.00. The van der Waals surface area contributed by atoms with E-state index in [2.05, 4.69) is 10.7 Å². The lowest BCUT2D eigenvalue weighted by atomic mass is 10.2. The number of benzene rings is 1. The summed E-state index contributed by atoms with van der Waals surface area (Å²) < 4.78 is 28.4. The highest BCUT2D eigenvalue weighted by atomic mass is 35.5. The van der Waals surface area contributed by atoms with E-state index in [0.717, 1.165) is 30.6 Å². The minimum Gasteiger partial charge on any atom is -0.199 e. The molecule has 1 fully saturated rings. The Bertz CT molecular complexity index is 655. The van der Waals surface area contributed by atoms with Crippen molar-refractivity contribution >= 4 is 43.9 Å². The maximum absolute atomic E-state index is 12.5. The van der Waals surface area contributed by atoms with Crippen LogP contribution in [0.2, 0.25) is 0 Å². The summed E-state index contributed by atoms with van der Waals surface area (Å²) in [6.45, 7) is 4.01. The van der Waals surface area contributed by atoms with Crippen LogP contribution < -0.4 is 0 Å². The molecule has 1 aliphatic carbocycles. The van der Waals surface area contributed by atoms with E-state index < -0.39 is 25.0 Å². The van der Waals surface area contributed by atoms with Gasteiger partial charge in [-0.25, -0.2) is 0 Å². The lowest BCUT2D eigenvalue weighted by Crippen LogP contribution is -2.10. The van der Waals surface area contributed by atoms with Crippen molar-refractivity contribution < 1.29 is 8.42 Å². The van der Waals surface area contributed by atoms with E-state index in [1.54, 1.807) is 24.3 Å². The normalized spacial score (nSPS) is 21.7. The number of nitrogens with zero attached hydrogens (tertiary/aromatic N) is 1. The maximum atomic E-state index is 12.5. The average Bonchev–Trinajstić information content (AvgIpc) is 3.03. The van der Waals surface area contributed by atoms with Crippen molar-refractivity contribution in [3.8, 4) is 0 Å². The Balaban J connectivity index is 2.20. The first-order valence-electron chi connectivity index (χ1n) is 7.35. The molecule has 0 amide bonds. The molecule has 0 aliphatic heterocycles. The van der Waals surface area contributed by atoms with Gasteiger partial charge in [0.05, 0.1) is 4.90 Å². The fraction of sp³-hybridized carbons (Fsp3) is 0.600. The molecule has 0 N–H and O–H groups in total. The van der Waals surface area contributed by atoms with Crippen molar-refractivity contribution in [1.29, 1.82) is 0 Å². The topological polar surface area (TPSA) is 46.5 Å². The molecule has 3 nitrogen and oxygen atoms in total. The molecule has 0 unspecified atom stereocenters. The van der Waals surface area contributed by atoms with Gasteiger partial charge in [-0.3, -0.25) is 0 Å². The summed E-state index contributed by atoms with van der Waals surface area (Å²) in [6, 6.07) is 6.80. The van der Waals surface area contributed by atoms with Crippen LogP contribution in [-0.4, -0.2) is 24.3 Å². The Morgan fingerprint density at radius 2 is 1.91 bits per heavy atom. The highest BCUT2D eigenvalue weighted by Gasteiger charge is 2.51. The van der Waals surface area contributed by atoms with Gasteiger partial charge in [0.1, 0.15) is 4.33 Å². The summed E-state index contributed by atoms with van der Waals surface area (Å²) >= 11 is 12.1. The van der Waals surface area contributed by atoms with Crippen LogP contribution in [0, 0.1) is 12.8 Å². The second-order valence-corrected chi connectivity index (χ2v) is 10.9. The van der Waals surface area contributed by atoms with Gasteiger partial charge in [-0.15, -0.1) is 27.0 Å². The minimum atomic E-state index is -3.61. The zero-order valence-electron chi connectivity index (χ0n) is 12.8. The van der Waals surface area contributed by atoms with Gasteiger partial charge in [0, 0.05) is 17.4 Å². The number of unbranched alkanes of at least 4 members (excludes halogenated alkanes) is 1. The molecule has 7 heteroatoms. The SMILES string of the molecule is CCCC[S@](C[C@@H]1CC1(Cl)Cl)=NS(=O)(=O)c1ccc(C)cc1. The van der Waals surface area contributed by atoms with Crippen LogP contribution in [0.1, 0.15) is 31.7 Å². The molecule has 1 aliphatic rings. The van der Waals surface area contributed by atoms with Crippen molar-refractivity contribution in [2.45, 2.75) is 42.3 Å². The van der Waals surface area contributed by atoms with Crippen LogP contribution >= 0.6 is 23.2 Å². The second-order valence-electron chi connectivity index (χ2n) is 5.71. The van der Waals surface area contributed by atoms with Crippen molar-refractivity contribution in [2.75, 3.05) is 11.5 Å². The molecule has 1 saturated carbocycles. The lowest BCUT2D eigenvalue weighted by Gasteiger charge is -2.08. The third-order valence-electron chi connectivity index (χ3n) is 3.61. The Labute approximate surface area is 145 Å². The molecule has 2 atom stereocenters. The predicted octanol–water partition coefficient (Wildman–Crippen LogP) is 4.48. The molecule has 2 rings (SSSR count). The standard InChI is InChI=1S/C15H21Cl2NO2S2/c1-3-4-9-21(11-13-10-15(13,16)17)18-22(19,20)14-7-5-12(2)6-8-14/h5-8,13H,3-4,9-11H2,1-2H3/t13-,21+/m0/s1. The fourth-order valence-corrected chi connectivity index (χ4v) is 6.88. The number of sulfonamides is 1. The van der Waals surface area contributed by atoms with Crippen molar-refractivity contribution in [3.05, 3.63) is 29.8 Å². The Morgan fingerprint density at radius 3 is 2.41 bits per heavy atom. The van der Waals surface area contributed by atoms with Gasteiger partial charge >= 0.3 is 0 Å². The molecule has 124 valence electrons. The molecule has 0 heterocycles. The number of hydrogen-bond donors (Lipinski definition) is 0. The summed E-state index contributed by atoms with van der Waals surface area (Å²) in [5, 5.41) is 0. The fourth-order valence-electron chi connectivity index (χ4n) is 2.04. The summed E-state index contributed by atoms with van der Waals surface area (Å²) in [7, 11) is -4.16. The number of rotatable bonds is 7. The van der Waals surface area contributed by atoms with Gasteiger partial charge in [0.25, 0.3) is 10.0 Å². The molecule has 0 spiro atoms. The van der Waals surface area contributed by atoms with Crippen molar-refractivity contribution in [1.82, 2.24) is 0 Å². The quantitative estimate of drug-likeness (QED) is 0.653. The molecule has 1 aromatic carbocycles. The van der Waals surface area contributed by atoms with E-state index in [9.17, 15) is 8.42 Å². The lowest BCUT2D eigenvalue weighted by molar-refractivity contribution is 0.598. The number of alkyl halides is 2. The van der Waals surface area contributed by atoms with E-state index >= 15 is 0 Å². The smallest absolute Gasteiger partial charge is 0.199 e. The van der Waals surface area contributed by atoms with Gasteiger partial charge in [-0.1, -0.05) is 41.7 Å². The van der Waals surface area contributed by atoms with E-state index in [4.69, 9.17) is 23.2 Å². The van der Waals surface area contributed by atoms with Crippen LogP contribution in [0.3, 0.4) is 0 Å². The average molecular weight is 382 g/mol. The summed E-state index contributed by atoms with van der Waals surface area (Å²) in [5.74, 6) is 1.60. The summed E-state index contributed by atoms with van der Waals surface area (Å²) in [5.41, 5.74) is 1.02. The zero-order chi connectivity index (χ0) is 16.4. The van der Waals surface area contributed by atoms with Crippen LogP contribution in [0.15, 0.2) is 32.9 Å². The van der Waals surface area contributed by atoms with Crippen LogP contribution in [0.25, 0.3) is 0 Å². The minimum absolute atomic E-state index is 0.160. The predicted molar refractivity (Wildman–Crippen MR) is 95.3 cm³/mol. The van der Waals surface area contributed by atoms with Crippen LogP contribution in [0.5, 0.6) is 0 Å². The molecule has 22 heavy (non-hydrogen) atoms. The first kappa shape index (κ1) is 18.2. The van der Waals surface area contributed by atoms with Gasteiger partial charge in [-0.2, -0.15) is 8.42 Å². The molecular weight excluding hydrogens is 361 g/mol. The molecule has 0 radical (unpaired) electrons. The van der Waals surface area contributed by atoms with Crippen molar-refractivity contribution in [2.24, 2.45) is 9.69 Å². The molecule has 0 aromatic heterocycles. The zero-order valence-corrected chi connectivity index (χ0v) is 15.9. The molecule has 0 bridgehead atoms. The monoisotopic (exact) mass is 381 g/mol. The Morgan fingerprint density at radius 1 is 1.32 bits per heavy atom. The summed E-state index contributed by atoms with van der Waals surface area (Å²) in [4.78, 5) is 0.255. The van der Waals surface area contributed by atoms with E-state index in [-0.39, 0.29) is 10.8 Å². The van der Waals surface area contributed by atoms with Crippen molar-refractivity contribution in [3.63, 3.8) is 0 Å². The maximum Gasteiger partial charge on any atom is 0.287 e. The van der Waals surface area contributed by atoms with Gasteiger partial charge in [0.2, 0.25) is 0 Å². The van der Waals surface area contributed by atoms with Crippen LogP contribution in [-0.2, 0) is 20.7 Å². The Hall–Kier alpha value is -0.1000. The van der Waals surface area contributed by atoms with Gasteiger partial charge < -0.3 is 0 Å². The first-order valence-corrected chi connectivity index (χ1v) is 11.1. The number of aryl methyl sites for hydroxylation is 1. The highest BCUT2D eigenvalue weighted by Crippen LogP contribution is 2.53. The van der Waals surface area contributed by atoms with Crippen LogP contribution in [0.4, 0.5) is 0 Å². The largest absolute Gasteiger partial charge is 0.287 e. The number of halogens is 2. The van der Waals surface area contributed by atoms with E-state index in [1.807, 2.05) is 6.92 Å². The molecule has 0 saturated heterocycles. The molecule has 1 aromatic rings. The third-order valence-corrected chi connectivity index (χ3v) is 8.57. The Kier molecular flexibility index (Phi) is 5.97. The van der Waals surface area contributed by atoms with E-state index in [1.165, 1.54) is 0 Å². The molecular formula is C15H21Cl2NO2S2. The van der Waals surface area contributed by atoms with E-state index in [0.29, 0.717) is 5.75 Å².